The number of nitriles is 1. The van der Waals surface area contributed by atoms with Gasteiger partial charge >= 0.3 is 0 Å². The predicted octanol–water partition coefficient (Wildman–Crippen LogP) is 4.78. The van der Waals surface area contributed by atoms with Crippen LogP contribution >= 0.6 is 0 Å². The minimum absolute atomic E-state index is 0.0479. The van der Waals surface area contributed by atoms with Gasteiger partial charge in [0.2, 0.25) is 0 Å². The van der Waals surface area contributed by atoms with Gasteiger partial charge in [-0.25, -0.2) is 4.39 Å². The van der Waals surface area contributed by atoms with Gasteiger partial charge in [0.15, 0.2) is 5.78 Å². The number of carbonyl (C=O) groups excluding carboxylic acids is 1. The van der Waals surface area contributed by atoms with Crippen LogP contribution in [0.5, 0.6) is 11.5 Å². The van der Waals surface area contributed by atoms with E-state index >= 15 is 0 Å². The number of ether oxygens (including phenoxy) is 2. The highest BCUT2D eigenvalue weighted by Gasteiger charge is 2.45. The number of nitrogens with zero attached hydrogens (tertiary/aromatic N) is 2. The van der Waals surface area contributed by atoms with E-state index in [1.165, 1.54) is 12.1 Å². The third-order valence-corrected chi connectivity index (χ3v) is 6.21. The largest absolute Gasteiger partial charge is 0.497 e. The molecule has 6 nitrogen and oxygen atoms in total. The fraction of sp³-hybridized carbons (Fsp3) is 0.308. The monoisotopic (exact) mass is 447 g/mol. The number of nitrogens with two attached hydrogens (primary N) is 1. The average molecular weight is 448 g/mol. The average Bonchev–Trinajstić information content (AvgIpc) is 2.78. The second-order valence-electron chi connectivity index (χ2n) is 9.07. The highest BCUT2D eigenvalue weighted by atomic mass is 19.1. The molecule has 2 aromatic rings. The van der Waals surface area contributed by atoms with Gasteiger partial charge in [0, 0.05) is 23.8 Å². The number of hydrogen-bond acceptors (Lipinski definition) is 6. The minimum atomic E-state index is -0.658. The van der Waals surface area contributed by atoms with Crippen molar-refractivity contribution in [2.75, 3.05) is 19.1 Å². The van der Waals surface area contributed by atoms with Crippen LogP contribution in [-0.2, 0) is 4.79 Å². The minimum Gasteiger partial charge on any atom is -0.497 e. The van der Waals surface area contributed by atoms with E-state index in [0.29, 0.717) is 41.2 Å². The van der Waals surface area contributed by atoms with Gasteiger partial charge in [0.1, 0.15) is 23.1 Å². The first-order chi connectivity index (χ1) is 15.7. The second-order valence-corrected chi connectivity index (χ2v) is 9.07. The fourth-order valence-corrected chi connectivity index (χ4v) is 4.74. The summed E-state index contributed by atoms with van der Waals surface area (Å²) in [6, 6.07) is 13.4. The summed E-state index contributed by atoms with van der Waals surface area (Å²) in [4.78, 5) is 15.3. The van der Waals surface area contributed by atoms with Crippen molar-refractivity contribution in [3.05, 3.63) is 76.5 Å². The van der Waals surface area contributed by atoms with Gasteiger partial charge in [0.05, 0.1) is 37.5 Å². The maximum absolute atomic E-state index is 13.6. The van der Waals surface area contributed by atoms with Crippen LogP contribution in [0.25, 0.3) is 0 Å². The molecule has 0 aromatic heterocycles. The topological polar surface area (TPSA) is 88.6 Å². The Morgan fingerprint density at radius 2 is 1.82 bits per heavy atom. The number of methoxy groups -OCH3 is 2. The first-order valence-corrected chi connectivity index (χ1v) is 10.6. The van der Waals surface area contributed by atoms with E-state index < -0.39 is 5.92 Å². The summed E-state index contributed by atoms with van der Waals surface area (Å²) in [6.07, 6.45) is 0.913. The Hall–Kier alpha value is -3.79. The van der Waals surface area contributed by atoms with Gasteiger partial charge in [-0.1, -0.05) is 26.0 Å². The second kappa shape index (κ2) is 8.28. The summed E-state index contributed by atoms with van der Waals surface area (Å²) in [5.74, 6) is 0.231. The van der Waals surface area contributed by atoms with Crippen molar-refractivity contribution < 1.29 is 18.7 Å². The molecule has 33 heavy (non-hydrogen) atoms. The lowest BCUT2D eigenvalue weighted by atomic mass is 9.68. The maximum Gasteiger partial charge on any atom is 0.162 e. The number of carbonyl (C=O) groups is 1. The summed E-state index contributed by atoms with van der Waals surface area (Å²) in [7, 11) is 3.10. The molecule has 1 aliphatic heterocycles. The summed E-state index contributed by atoms with van der Waals surface area (Å²) in [5.41, 5.74) is 9.08. The lowest BCUT2D eigenvalue weighted by molar-refractivity contribution is -0.118. The molecular weight excluding hydrogens is 421 g/mol. The van der Waals surface area contributed by atoms with Crippen LogP contribution < -0.4 is 20.1 Å². The SMILES string of the molecule is COc1ccc(N2C(N)=C(C#N)C(c3ccc(F)cc3)C3=C2CC(C)(C)CC3=O)c(OC)c1. The molecule has 2 aromatic carbocycles. The standard InChI is InChI=1S/C26H26FN3O3/c1-26(2)12-20-24(21(31)13-26)23(15-5-7-16(27)8-6-15)18(14-28)25(29)30(20)19-10-9-17(32-3)11-22(19)33-4/h5-11,23H,12-13,29H2,1-4H3. The van der Waals surface area contributed by atoms with Crippen molar-refractivity contribution in [2.24, 2.45) is 11.1 Å². The molecule has 0 saturated carbocycles. The van der Waals surface area contributed by atoms with Crippen molar-refractivity contribution >= 4 is 11.5 Å². The molecule has 0 fully saturated rings. The Morgan fingerprint density at radius 3 is 2.42 bits per heavy atom. The van der Waals surface area contributed by atoms with Gasteiger partial charge in [-0.2, -0.15) is 5.26 Å². The third-order valence-electron chi connectivity index (χ3n) is 6.21. The molecule has 1 heterocycles. The zero-order valence-electron chi connectivity index (χ0n) is 19.1. The van der Waals surface area contributed by atoms with Crippen LogP contribution in [0.4, 0.5) is 10.1 Å². The number of anilines is 1. The smallest absolute Gasteiger partial charge is 0.162 e. The molecule has 2 N–H and O–H groups in total. The van der Waals surface area contributed by atoms with E-state index in [4.69, 9.17) is 15.2 Å². The lowest BCUT2D eigenvalue weighted by Crippen LogP contribution is -2.42. The third kappa shape index (κ3) is 3.82. The molecule has 7 heteroatoms. The van der Waals surface area contributed by atoms with Gasteiger partial charge in [0.25, 0.3) is 0 Å². The summed E-state index contributed by atoms with van der Waals surface area (Å²) >= 11 is 0. The molecule has 1 unspecified atom stereocenters. The van der Waals surface area contributed by atoms with Crippen LogP contribution in [0.15, 0.2) is 65.1 Å². The molecular formula is C26H26FN3O3. The van der Waals surface area contributed by atoms with Crippen LogP contribution in [0.1, 0.15) is 38.2 Å². The van der Waals surface area contributed by atoms with Crippen molar-refractivity contribution in [3.63, 3.8) is 0 Å². The molecule has 4 rings (SSSR count). The summed E-state index contributed by atoms with van der Waals surface area (Å²) < 4.78 is 24.6. The van der Waals surface area contributed by atoms with Gasteiger partial charge < -0.3 is 15.2 Å². The van der Waals surface area contributed by atoms with Crippen molar-refractivity contribution in [1.29, 1.82) is 5.26 Å². The van der Waals surface area contributed by atoms with Gasteiger partial charge in [-0.05, 0) is 41.7 Å². The number of rotatable bonds is 4. The first-order valence-electron chi connectivity index (χ1n) is 10.6. The molecule has 2 aliphatic rings. The number of allylic oxidation sites excluding steroid dienone is 3. The van der Waals surface area contributed by atoms with Crippen molar-refractivity contribution in [2.45, 2.75) is 32.6 Å². The molecule has 0 spiro atoms. The van der Waals surface area contributed by atoms with E-state index in [2.05, 4.69) is 6.07 Å². The first kappa shape index (κ1) is 22.4. The number of halogens is 1. The van der Waals surface area contributed by atoms with Crippen LogP contribution in [0, 0.1) is 22.6 Å². The summed E-state index contributed by atoms with van der Waals surface area (Å²) in [5, 5.41) is 10.1. The zero-order valence-corrected chi connectivity index (χ0v) is 19.1. The Balaban J connectivity index is 2.01. The summed E-state index contributed by atoms with van der Waals surface area (Å²) in [6.45, 7) is 4.06. The Kier molecular flexibility index (Phi) is 5.62. The number of ketones is 1. The lowest BCUT2D eigenvalue weighted by Gasteiger charge is -2.44. The zero-order chi connectivity index (χ0) is 23.9. The predicted molar refractivity (Wildman–Crippen MR) is 123 cm³/mol. The van der Waals surface area contributed by atoms with E-state index in [-0.39, 0.29) is 28.4 Å². The van der Waals surface area contributed by atoms with Crippen molar-refractivity contribution in [3.8, 4) is 17.6 Å². The molecule has 1 aliphatic carbocycles. The van der Waals surface area contributed by atoms with E-state index in [1.54, 1.807) is 49.5 Å². The highest BCUT2D eigenvalue weighted by molar-refractivity contribution is 6.01. The Labute approximate surface area is 192 Å². The molecule has 0 saturated heterocycles. The highest BCUT2D eigenvalue weighted by Crippen LogP contribution is 2.51. The van der Waals surface area contributed by atoms with Crippen LogP contribution in [0.3, 0.4) is 0 Å². The van der Waals surface area contributed by atoms with Gasteiger partial charge in [-0.15, -0.1) is 0 Å². The fourth-order valence-electron chi connectivity index (χ4n) is 4.74. The number of Topliss-reactive ketones (excluding diaryl/α,β-unsaturated/α-hetero) is 1. The number of benzene rings is 2. The molecule has 1 atom stereocenters. The Morgan fingerprint density at radius 1 is 1.12 bits per heavy atom. The van der Waals surface area contributed by atoms with E-state index in [9.17, 15) is 14.4 Å². The molecule has 0 bridgehead atoms. The normalized spacial score (nSPS) is 19.8. The van der Waals surface area contributed by atoms with Gasteiger partial charge in [-0.3, -0.25) is 9.69 Å². The van der Waals surface area contributed by atoms with E-state index in [1.807, 2.05) is 13.8 Å². The van der Waals surface area contributed by atoms with Crippen LogP contribution in [-0.4, -0.2) is 20.0 Å². The molecule has 0 radical (unpaired) electrons. The Bertz CT molecular complexity index is 1220. The quantitative estimate of drug-likeness (QED) is 0.725. The molecule has 0 amide bonds. The maximum atomic E-state index is 13.6. The molecule has 170 valence electrons. The van der Waals surface area contributed by atoms with Crippen LogP contribution in [0.2, 0.25) is 0 Å². The number of hydrogen-bond donors (Lipinski definition) is 1. The van der Waals surface area contributed by atoms with E-state index in [0.717, 1.165) is 5.70 Å². The van der Waals surface area contributed by atoms with Crippen molar-refractivity contribution in [1.82, 2.24) is 0 Å².